The van der Waals surface area contributed by atoms with E-state index in [0.29, 0.717) is 64.6 Å². The fraction of sp³-hybridized carbons (Fsp3) is 0.625. The maximum Gasteiger partial charge on any atom is 0.469 e. The van der Waals surface area contributed by atoms with Crippen LogP contribution < -0.4 is 0 Å². The van der Waals surface area contributed by atoms with Crippen LogP contribution in [0.4, 0.5) is 0 Å². The number of carboxylic acid groups (broad SMARTS) is 3. The second-order valence-corrected chi connectivity index (χ2v) is 11.0. The van der Waals surface area contributed by atoms with Crippen molar-refractivity contribution in [2.45, 2.75) is 13.5 Å². The van der Waals surface area contributed by atoms with E-state index >= 15 is 0 Å². The topological polar surface area (TPSA) is 237 Å². The molecule has 0 saturated carbocycles. The molecule has 1 aromatic heterocycles. The third kappa shape index (κ3) is 13.8. The zero-order valence-corrected chi connectivity index (χ0v) is 24.3. The lowest BCUT2D eigenvalue weighted by Gasteiger charge is -2.32. The van der Waals surface area contributed by atoms with E-state index < -0.39 is 32.3 Å². The van der Waals surface area contributed by atoms with Crippen molar-refractivity contribution < 1.29 is 53.7 Å². The first-order chi connectivity index (χ1) is 19.7. The Bertz CT molecular complexity index is 1120. The summed E-state index contributed by atoms with van der Waals surface area (Å²) in [6.45, 7) is 3.83. The lowest BCUT2D eigenvalue weighted by atomic mass is 10.1. The van der Waals surface area contributed by atoms with Crippen molar-refractivity contribution in [3.63, 3.8) is 0 Å². The molecule has 18 heteroatoms. The number of phosphoric acid groups is 1. The van der Waals surface area contributed by atoms with Crippen molar-refractivity contribution in [2.75, 3.05) is 85.1 Å². The van der Waals surface area contributed by atoms with Gasteiger partial charge in [-0.1, -0.05) is 0 Å². The van der Waals surface area contributed by atoms with Gasteiger partial charge < -0.3 is 30.2 Å². The highest BCUT2D eigenvalue weighted by Gasteiger charge is 2.20. The second-order valence-electron chi connectivity index (χ2n) is 9.78. The summed E-state index contributed by atoms with van der Waals surface area (Å²) < 4.78 is 15.7. The molecule has 0 unspecified atom stereocenters. The number of carboxylic acids is 3. The van der Waals surface area contributed by atoms with Crippen molar-refractivity contribution in [1.82, 2.24) is 24.6 Å². The first-order valence-electron chi connectivity index (χ1n) is 13.2. The van der Waals surface area contributed by atoms with Crippen LogP contribution in [-0.2, 0) is 30.1 Å². The van der Waals surface area contributed by atoms with Crippen LogP contribution in [0.2, 0.25) is 0 Å². The Morgan fingerprint density at radius 2 is 1.31 bits per heavy atom. The van der Waals surface area contributed by atoms with Gasteiger partial charge in [-0.3, -0.25) is 48.5 Å². The van der Waals surface area contributed by atoms with Crippen LogP contribution in [0.3, 0.4) is 0 Å². The van der Waals surface area contributed by atoms with Crippen LogP contribution in [0.1, 0.15) is 16.8 Å². The van der Waals surface area contributed by atoms with Crippen molar-refractivity contribution >= 4 is 31.9 Å². The molecule has 1 aliphatic heterocycles. The molecule has 0 amide bonds. The number of aliphatic carboxylic acids is 3. The molecule has 1 aromatic rings. The van der Waals surface area contributed by atoms with E-state index in [0.717, 1.165) is 0 Å². The number of aromatic hydroxyl groups is 1. The maximum absolute atomic E-state index is 11.4. The summed E-state index contributed by atoms with van der Waals surface area (Å²) in [5.74, 6) is -3.26. The molecular weight excluding hydrogens is 579 g/mol. The average Bonchev–Trinajstić information content (AvgIpc) is 2.87. The van der Waals surface area contributed by atoms with Crippen LogP contribution in [0.5, 0.6) is 5.75 Å². The molecule has 0 aliphatic carbocycles. The van der Waals surface area contributed by atoms with Gasteiger partial charge in [-0.25, -0.2) is 4.57 Å². The molecule has 17 nitrogen and oxygen atoms in total. The number of aromatic nitrogens is 1. The molecule has 236 valence electrons. The van der Waals surface area contributed by atoms with Crippen LogP contribution in [0.25, 0.3) is 0 Å². The van der Waals surface area contributed by atoms with Gasteiger partial charge >= 0.3 is 25.7 Å². The highest BCUT2D eigenvalue weighted by atomic mass is 31.2. The Kier molecular flexibility index (Phi) is 14.4. The lowest BCUT2D eigenvalue weighted by Crippen LogP contribution is -2.48. The molecule has 0 bridgehead atoms. The predicted molar refractivity (Wildman–Crippen MR) is 149 cm³/mol. The van der Waals surface area contributed by atoms with Crippen molar-refractivity contribution in [3.8, 4) is 5.75 Å². The van der Waals surface area contributed by atoms with Crippen molar-refractivity contribution in [1.29, 1.82) is 0 Å². The van der Waals surface area contributed by atoms with Crippen LogP contribution in [-0.4, -0.2) is 164 Å². The predicted octanol–water partition coefficient (Wildman–Crippen LogP) is -1.40. The summed E-state index contributed by atoms with van der Waals surface area (Å²) in [4.78, 5) is 67.7. The number of hydrogen-bond donors (Lipinski definition) is 6. The molecule has 2 heterocycles. The van der Waals surface area contributed by atoms with E-state index in [9.17, 15) is 39.4 Å². The molecule has 1 aliphatic rings. The molecule has 2 rings (SSSR count). The van der Waals surface area contributed by atoms with Crippen LogP contribution >= 0.6 is 7.82 Å². The molecular formula is C24H39N6O11P. The van der Waals surface area contributed by atoms with Crippen LogP contribution in [0, 0.1) is 6.92 Å². The zero-order chi connectivity index (χ0) is 31.3. The minimum absolute atomic E-state index is 0.204. The number of phosphoric ester groups is 1. The summed E-state index contributed by atoms with van der Waals surface area (Å²) >= 11 is 0. The van der Waals surface area contributed by atoms with Gasteiger partial charge in [-0.05, 0) is 6.92 Å². The number of carbonyl (C=O) groups is 3. The number of aryl methyl sites for hydroxylation is 1. The standard InChI is InChI=1S/C24H39N6O11P/c1-18-24(37)20(19(12-26-18)17-41-42(38,39)40)13-25-2-3-27-4-6-28(14-21(31)32)8-10-30(16-23(35)36)11-9-29(7-5-27)15-22(33)34/h12-13,37H,2-11,14-17H2,1H3,(H,31,32)(H,33,34)(H,35,36)(H2,38,39,40). The number of hydrogen-bond acceptors (Lipinski definition) is 12. The molecule has 0 atom stereocenters. The summed E-state index contributed by atoms with van der Waals surface area (Å²) in [5, 5.41) is 38.4. The normalized spacial score (nSPS) is 17.6. The van der Waals surface area contributed by atoms with Gasteiger partial charge in [0.15, 0.2) is 0 Å². The molecule has 0 aromatic carbocycles. The molecule has 42 heavy (non-hydrogen) atoms. The summed E-state index contributed by atoms with van der Waals surface area (Å²) in [6, 6.07) is 0. The van der Waals surface area contributed by atoms with Gasteiger partial charge in [0.2, 0.25) is 0 Å². The number of pyridine rings is 1. The molecule has 6 N–H and O–H groups in total. The molecule has 0 spiro atoms. The van der Waals surface area contributed by atoms with E-state index in [1.165, 1.54) is 12.4 Å². The highest BCUT2D eigenvalue weighted by Crippen LogP contribution is 2.37. The summed E-state index contributed by atoms with van der Waals surface area (Å²) in [5.41, 5.74) is 0.719. The minimum Gasteiger partial charge on any atom is -0.505 e. The van der Waals surface area contributed by atoms with Crippen molar-refractivity contribution in [3.05, 3.63) is 23.0 Å². The Balaban J connectivity index is 2.16. The van der Waals surface area contributed by atoms with E-state index in [4.69, 9.17) is 9.79 Å². The van der Waals surface area contributed by atoms with Crippen molar-refractivity contribution in [2.24, 2.45) is 4.99 Å². The van der Waals surface area contributed by atoms with E-state index in [1.54, 1.807) is 21.6 Å². The molecule has 0 radical (unpaired) electrons. The molecule has 1 saturated heterocycles. The van der Waals surface area contributed by atoms with Gasteiger partial charge in [0.25, 0.3) is 0 Å². The molecule has 1 fully saturated rings. The third-order valence-electron chi connectivity index (χ3n) is 6.52. The minimum atomic E-state index is -4.76. The number of rotatable bonds is 13. The second kappa shape index (κ2) is 17.2. The van der Waals surface area contributed by atoms with E-state index in [2.05, 4.69) is 14.5 Å². The third-order valence-corrected chi connectivity index (χ3v) is 6.98. The Hall–Kier alpha value is -3.02. The number of aliphatic imine (C=N–C) groups is 1. The summed E-state index contributed by atoms with van der Waals surface area (Å²) in [7, 11) is -4.76. The monoisotopic (exact) mass is 618 g/mol. The fourth-order valence-electron chi connectivity index (χ4n) is 4.27. The van der Waals surface area contributed by atoms with Gasteiger partial charge in [0.05, 0.1) is 38.5 Å². The number of nitrogens with zero attached hydrogens (tertiary/aromatic N) is 6. The van der Waals surface area contributed by atoms with E-state index in [-0.39, 0.29) is 43.1 Å². The smallest absolute Gasteiger partial charge is 0.469 e. The fourth-order valence-corrected chi connectivity index (χ4v) is 4.58. The Labute approximate surface area is 242 Å². The average molecular weight is 619 g/mol. The Morgan fingerprint density at radius 3 is 1.71 bits per heavy atom. The van der Waals surface area contributed by atoms with Gasteiger partial charge in [-0.2, -0.15) is 0 Å². The highest BCUT2D eigenvalue weighted by molar-refractivity contribution is 7.46. The van der Waals surface area contributed by atoms with Gasteiger partial charge in [0.1, 0.15) is 5.75 Å². The van der Waals surface area contributed by atoms with Crippen LogP contribution in [0.15, 0.2) is 11.2 Å². The van der Waals surface area contributed by atoms with Gasteiger partial charge in [-0.15, -0.1) is 0 Å². The summed E-state index contributed by atoms with van der Waals surface area (Å²) in [6.07, 6.45) is 2.69. The first kappa shape index (κ1) is 35.2. The van der Waals surface area contributed by atoms with E-state index in [1.807, 2.05) is 4.90 Å². The SMILES string of the molecule is Cc1ncc(COP(=O)(O)O)c(C=NCCN2CCN(CC(=O)O)CCN(CC(=O)O)CCN(CC(=O)O)CC2)c1O. The van der Waals surface area contributed by atoms with Gasteiger partial charge in [0, 0.05) is 82.4 Å². The first-order valence-corrected chi connectivity index (χ1v) is 14.7. The Morgan fingerprint density at radius 1 is 0.881 bits per heavy atom. The maximum atomic E-state index is 11.4. The quantitative estimate of drug-likeness (QED) is 0.110. The lowest BCUT2D eigenvalue weighted by molar-refractivity contribution is -0.140. The zero-order valence-electron chi connectivity index (χ0n) is 23.4. The largest absolute Gasteiger partial charge is 0.505 e.